The number of hydrogen-bond acceptors (Lipinski definition) is 3. The fraction of sp³-hybridized carbons (Fsp3) is 0.172. The summed E-state index contributed by atoms with van der Waals surface area (Å²) < 4.78 is 38.4. The Kier molecular flexibility index (Phi) is 6.33. The Bertz CT molecular complexity index is 1280. The summed E-state index contributed by atoms with van der Waals surface area (Å²) in [6.07, 6.45) is -3.27. The summed E-state index contributed by atoms with van der Waals surface area (Å²) in [4.78, 5) is 17.1. The predicted molar refractivity (Wildman–Crippen MR) is 133 cm³/mol. The third-order valence-electron chi connectivity index (χ3n) is 6.78. The van der Waals surface area contributed by atoms with Crippen molar-refractivity contribution in [2.75, 3.05) is 18.4 Å². The minimum absolute atomic E-state index is 0.100. The molecular weight excluding hydrogens is 463 g/mol. The van der Waals surface area contributed by atoms with Crippen molar-refractivity contribution in [1.82, 2.24) is 10.3 Å². The molecule has 1 aliphatic rings. The second kappa shape index (κ2) is 9.59. The van der Waals surface area contributed by atoms with Gasteiger partial charge in [0, 0.05) is 36.0 Å². The van der Waals surface area contributed by atoms with E-state index < -0.39 is 17.3 Å². The van der Waals surface area contributed by atoms with Gasteiger partial charge in [0.1, 0.15) is 5.69 Å². The summed E-state index contributed by atoms with van der Waals surface area (Å²) in [5, 5.41) is 6.47. The van der Waals surface area contributed by atoms with E-state index in [-0.39, 0.29) is 11.8 Å². The van der Waals surface area contributed by atoms with Crippen LogP contribution in [-0.2, 0) is 16.4 Å². The molecule has 36 heavy (non-hydrogen) atoms. The number of carbonyl (C=O) groups excluding carboxylic acids is 1. The molecule has 4 nitrogen and oxygen atoms in total. The van der Waals surface area contributed by atoms with Crippen molar-refractivity contribution < 1.29 is 18.0 Å². The zero-order chi connectivity index (χ0) is 25.2. The topological polar surface area (TPSA) is 54.0 Å². The highest BCUT2D eigenvalue weighted by atomic mass is 19.4. The van der Waals surface area contributed by atoms with Gasteiger partial charge in [-0.3, -0.25) is 9.78 Å². The highest BCUT2D eigenvalue weighted by Crippen LogP contribution is 2.42. The van der Waals surface area contributed by atoms with Gasteiger partial charge in [0.15, 0.2) is 0 Å². The Morgan fingerprint density at radius 3 is 1.94 bits per heavy atom. The summed E-state index contributed by atoms with van der Waals surface area (Å²) >= 11 is 0. The van der Waals surface area contributed by atoms with Crippen LogP contribution in [0.1, 0.15) is 16.8 Å². The monoisotopic (exact) mass is 487 g/mol. The first-order valence-electron chi connectivity index (χ1n) is 11.6. The lowest BCUT2D eigenvalue weighted by molar-refractivity contribution is -0.141. The number of nitrogens with one attached hydrogen (secondary N) is 2. The van der Waals surface area contributed by atoms with E-state index in [1.165, 1.54) is 12.3 Å². The minimum atomic E-state index is -4.48. The van der Waals surface area contributed by atoms with Crippen molar-refractivity contribution in [2.45, 2.75) is 11.6 Å². The molecule has 1 aliphatic heterocycles. The molecule has 0 spiro atoms. The lowest BCUT2D eigenvalue weighted by Crippen LogP contribution is -2.42. The summed E-state index contributed by atoms with van der Waals surface area (Å²) in [7, 11) is 0. The Hall–Kier alpha value is -3.97. The number of anilines is 1. The normalized spacial score (nSPS) is 17.0. The molecule has 182 valence electrons. The summed E-state index contributed by atoms with van der Waals surface area (Å²) in [6.45, 7) is 1.17. The molecule has 0 unspecified atom stereocenters. The molecule has 7 heteroatoms. The highest BCUT2D eigenvalue weighted by molar-refractivity contribution is 5.95. The van der Waals surface area contributed by atoms with E-state index in [0.717, 1.165) is 17.2 Å². The molecular formula is C29H24F3N3O. The molecule has 1 fully saturated rings. The molecule has 3 aromatic carbocycles. The van der Waals surface area contributed by atoms with Gasteiger partial charge in [-0.2, -0.15) is 13.2 Å². The lowest BCUT2D eigenvalue weighted by Gasteiger charge is -2.35. The van der Waals surface area contributed by atoms with Gasteiger partial charge >= 0.3 is 6.18 Å². The van der Waals surface area contributed by atoms with E-state index in [9.17, 15) is 18.0 Å². The van der Waals surface area contributed by atoms with Crippen LogP contribution in [-0.4, -0.2) is 24.0 Å². The maximum absolute atomic E-state index is 13.6. The second-order valence-corrected chi connectivity index (χ2v) is 8.88. The molecule has 1 saturated heterocycles. The summed E-state index contributed by atoms with van der Waals surface area (Å²) in [5.41, 5.74) is 2.59. The van der Waals surface area contributed by atoms with Crippen LogP contribution < -0.4 is 10.6 Å². The van der Waals surface area contributed by atoms with Crippen molar-refractivity contribution >= 4 is 11.6 Å². The second-order valence-electron chi connectivity index (χ2n) is 8.88. The number of amides is 1. The Morgan fingerprint density at radius 1 is 0.833 bits per heavy atom. The Balaban J connectivity index is 1.39. The van der Waals surface area contributed by atoms with Gasteiger partial charge in [-0.1, -0.05) is 78.9 Å². The van der Waals surface area contributed by atoms with Crippen LogP contribution >= 0.6 is 0 Å². The first-order valence-corrected chi connectivity index (χ1v) is 11.6. The number of alkyl halides is 3. The number of rotatable bonds is 5. The number of carbonyl (C=O) groups is 1. The third kappa shape index (κ3) is 4.50. The van der Waals surface area contributed by atoms with Gasteiger partial charge in [-0.05, 0) is 34.9 Å². The lowest BCUT2D eigenvalue weighted by atomic mass is 9.67. The Morgan fingerprint density at radius 2 is 1.42 bits per heavy atom. The van der Waals surface area contributed by atoms with Gasteiger partial charge in [0.25, 0.3) is 0 Å². The average Bonchev–Trinajstić information content (AvgIpc) is 3.36. The third-order valence-corrected chi connectivity index (χ3v) is 6.78. The molecule has 0 aliphatic carbocycles. The van der Waals surface area contributed by atoms with Gasteiger partial charge in [0.2, 0.25) is 5.91 Å². The predicted octanol–water partition coefficient (Wildman–Crippen LogP) is 5.91. The molecule has 1 atom stereocenters. The SMILES string of the molecule is O=C(Nc1ccc(-c2ccc(C(F)(F)F)nc2)cc1)[C@@H]1CNCC1(c1ccccc1)c1ccccc1. The minimum Gasteiger partial charge on any atom is -0.326 e. The van der Waals surface area contributed by atoms with Gasteiger partial charge in [-0.15, -0.1) is 0 Å². The van der Waals surface area contributed by atoms with E-state index >= 15 is 0 Å². The number of halogens is 3. The smallest absolute Gasteiger partial charge is 0.326 e. The van der Waals surface area contributed by atoms with E-state index in [4.69, 9.17) is 0 Å². The van der Waals surface area contributed by atoms with Gasteiger partial charge in [0.05, 0.1) is 5.92 Å². The molecule has 0 saturated carbocycles. The zero-order valence-electron chi connectivity index (χ0n) is 19.3. The van der Waals surface area contributed by atoms with Gasteiger partial charge in [-0.25, -0.2) is 0 Å². The van der Waals surface area contributed by atoms with Crippen molar-refractivity contribution in [2.24, 2.45) is 5.92 Å². The maximum Gasteiger partial charge on any atom is 0.433 e. The van der Waals surface area contributed by atoms with E-state index in [0.29, 0.717) is 29.9 Å². The van der Waals surface area contributed by atoms with Crippen LogP contribution in [0.5, 0.6) is 0 Å². The molecule has 5 rings (SSSR count). The molecule has 2 N–H and O–H groups in total. The van der Waals surface area contributed by atoms with Crippen molar-refractivity contribution in [3.63, 3.8) is 0 Å². The van der Waals surface area contributed by atoms with Crippen LogP contribution in [0, 0.1) is 5.92 Å². The molecule has 0 radical (unpaired) electrons. The summed E-state index contributed by atoms with van der Waals surface area (Å²) in [6, 6.07) is 29.5. The molecule has 1 aromatic heterocycles. The molecule has 4 aromatic rings. The fourth-order valence-corrected chi connectivity index (χ4v) is 4.98. The van der Waals surface area contributed by atoms with Crippen molar-refractivity contribution in [3.8, 4) is 11.1 Å². The number of benzene rings is 3. The first kappa shape index (κ1) is 23.8. The quantitative estimate of drug-likeness (QED) is 0.368. The highest BCUT2D eigenvalue weighted by Gasteiger charge is 2.49. The standard InChI is InChI=1S/C29H24F3N3O/c30-29(31,32)26-16-13-21(17-34-26)20-11-14-24(15-12-20)35-27(36)25-18-33-19-28(25,22-7-3-1-4-8-22)23-9-5-2-6-10-23/h1-17,25,33H,18-19H2,(H,35,36)/t25-/m0/s1. The molecule has 0 bridgehead atoms. The molecule has 1 amide bonds. The van der Waals surface area contributed by atoms with Crippen molar-refractivity contribution in [1.29, 1.82) is 0 Å². The average molecular weight is 488 g/mol. The summed E-state index contributed by atoms with van der Waals surface area (Å²) in [5.74, 6) is -0.447. The van der Waals surface area contributed by atoms with E-state index in [1.54, 1.807) is 24.3 Å². The largest absolute Gasteiger partial charge is 0.433 e. The number of nitrogens with zero attached hydrogens (tertiary/aromatic N) is 1. The van der Waals surface area contributed by atoms with E-state index in [1.807, 2.05) is 36.4 Å². The number of aromatic nitrogens is 1. The van der Waals surface area contributed by atoms with Crippen molar-refractivity contribution in [3.05, 3.63) is 120 Å². The maximum atomic E-state index is 13.6. The first-order chi connectivity index (χ1) is 17.4. The van der Waals surface area contributed by atoms with Crippen LogP contribution in [0.2, 0.25) is 0 Å². The van der Waals surface area contributed by atoms with E-state index in [2.05, 4.69) is 39.9 Å². The number of pyridine rings is 1. The Labute approximate surface area is 207 Å². The van der Waals surface area contributed by atoms with Crippen LogP contribution in [0.4, 0.5) is 18.9 Å². The van der Waals surface area contributed by atoms with Gasteiger partial charge < -0.3 is 10.6 Å². The zero-order valence-corrected chi connectivity index (χ0v) is 19.3. The van der Waals surface area contributed by atoms with Crippen LogP contribution in [0.3, 0.4) is 0 Å². The molecule has 2 heterocycles. The van der Waals surface area contributed by atoms with Crippen LogP contribution in [0.15, 0.2) is 103 Å². The number of hydrogen-bond donors (Lipinski definition) is 2. The van der Waals surface area contributed by atoms with Crippen LogP contribution in [0.25, 0.3) is 11.1 Å². The fourth-order valence-electron chi connectivity index (χ4n) is 4.98.